The van der Waals surface area contributed by atoms with Crippen molar-refractivity contribution in [3.8, 4) is 11.8 Å². The van der Waals surface area contributed by atoms with Crippen LogP contribution in [0.2, 0.25) is 8.67 Å². The van der Waals surface area contributed by atoms with Gasteiger partial charge < -0.3 is 10.1 Å². The molecule has 0 saturated heterocycles. The fourth-order valence-corrected chi connectivity index (χ4v) is 3.41. The largest absolute Gasteiger partial charge is 0.479 e. The SMILES string of the molecule is CC(Nc1cccc(OCC#N)c1)c1cc(Cl)sc1Cl. The Labute approximate surface area is 131 Å². The van der Waals surface area contributed by atoms with Gasteiger partial charge in [-0.1, -0.05) is 29.3 Å². The van der Waals surface area contributed by atoms with E-state index in [1.807, 2.05) is 43.3 Å². The van der Waals surface area contributed by atoms with Gasteiger partial charge in [-0.05, 0) is 25.1 Å². The van der Waals surface area contributed by atoms with Crippen molar-refractivity contribution in [2.75, 3.05) is 11.9 Å². The van der Waals surface area contributed by atoms with Gasteiger partial charge in [-0.25, -0.2) is 0 Å². The highest BCUT2D eigenvalue weighted by atomic mass is 35.5. The summed E-state index contributed by atoms with van der Waals surface area (Å²) in [5, 5.41) is 11.8. The van der Waals surface area contributed by atoms with E-state index in [2.05, 4.69) is 5.32 Å². The number of anilines is 1. The van der Waals surface area contributed by atoms with Gasteiger partial charge in [0.15, 0.2) is 6.61 Å². The monoisotopic (exact) mass is 326 g/mol. The van der Waals surface area contributed by atoms with Crippen molar-refractivity contribution in [1.29, 1.82) is 5.26 Å². The molecule has 0 saturated carbocycles. The number of halogens is 2. The molecule has 0 fully saturated rings. The molecule has 2 rings (SSSR count). The summed E-state index contributed by atoms with van der Waals surface area (Å²) >= 11 is 13.4. The van der Waals surface area contributed by atoms with E-state index in [1.54, 1.807) is 0 Å². The first-order chi connectivity index (χ1) is 9.60. The fraction of sp³-hybridized carbons (Fsp3) is 0.214. The summed E-state index contributed by atoms with van der Waals surface area (Å²) in [6, 6.07) is 11.3. The highest BCUT2D eigenvalue weighted by molar-refractivity contribution is 7.20. The van der Waals surface area contributed by atoms with Gasteiger partial charge in [0, 0.05) is 17.3 Å². The molecule has 1 N–H and O–H groups in total. The molecule has 1 heterocycles. The lowest BCUT2D eigenvalue weighted by molar-refractivity contribution is 0.368. The van der Waals surface area contributed by atoms with Crippen molar-refractivity contribution in [2.24, 2.45) is 0 Å². The van der Waals surface area contributed by atoms with E-state index in [1.165, 1.54) is 11.3 Å². The van der Waals surface area contributed by atoms with E-state index < -0.39 is 0 Å². The van der Waals surface area contributed by atoms with E-state index in [4.69, 9.17) is 33.2 Å². The third-order valence-electron chi connectivity index (χ3n) is 2.67. The highest BCUT2D eigenvalue weighted by Gasteiger charge is 2.13. The van der Waals surface area contributed by atoms with Crippen LogP contribution in [0.4, 0.5) is 5.69 Å². The lowest BCUT2D eigenvalue weighted by Crippen LogP contribution is -2.06. The molecule has 0 aliphatic carbocycles. The van der Waals surface area contributed by atoms with Crippen LogP contribution in [0.3, 0.4) is 0 Å². The minimum absolute atomic E-state index is 0.0254. The first kappa shape index (κ1) is 15.0. The average molecular weight is 327 g/mol. The summed E-state index contributed by atoms with van der Waals surface area (Å²) in [4.78, 5) is 0. The summed E-state index contributed by atoms with van der Waals surface area (Å²) in [6.45, 7) is 2.04. The standard InChI is InChI=1S/C14H12Cl2N2OS/c1-9(12-8-13(15)20-14(12)16)18-10-3-2-4-11(7-10)19-6-5-17/h2-4,7-9,18H,6H2,1H3. The zero-order valence-electron chi connectivity index (χ0n) is 10.7. The second-order valence-corrected chi connectivity index (χ2v) is 6.41. The van der Waals surface area contributed by atoms with Gasteiger partial charge in [0.25, 0.3) is 0 Å². The Morgan fingerprint density at radius 3 is 2.85 bits per heavy atom. The minimum atomic E-state index is 0.0254. The van der Waals surface area contributed by atoms with Crippen LogP contribution in [0.25, 0.3) is 0 Å². The van der Waals surface area contributed by atoms with Crippen molar-refractivity contribution in [3.63, 3.8) is 0 Å². The molecule has 6 heteroatoms. The first-order valence-corrected chi connectivity index (χ1v) is 7.48. The molecule has 0 aliphatic rings. The fourth-order valence-electron chi connectivity index (χ4n) is 1.77. The number of nitriles is 1. The molecule has 104 valence electrons. The maximum atomic E-state index is 8.51. The lowest BCUT2D eigenvalue weighted by Gasteiger charge is -2.15. The number of hydrogen-bond acceptors (Lipinski definition) is 4. The predicted octanol–water partition coefficient (Wildman–Crippen LogP) is 5.13. The van der Waals surface area contributed by atoms with Gasteiger partial charge in [-0.3, -0.25) is 0 Å². The molecular weight excluding hydrogens is 315 g/mol. The number of hydrogen-bond donors (Lipinski definition) is 1. The molecule has 0 amide bonds. The summed E-state index contributed by atoms with van der Waals surface area (Å²) in [5.74, 6) is 0.651. The number of ether oxygens (including phenoxy) is 1. The quantitative estimate of drug-likeness (QED) is 0.828. The molecular formula is C14H12Cl2N2OS. The number of rotatable bonds is 5. The molecule has 0 bridgehead atoms. The van der Waals surface area contributed by atoms with E-state index >= 15 is 0 Å². The number of nitrogens with one attached hydrogen (secondary N) is 1. The van der Waals surface area contributed by atoms with Gasteiger partial charge in [-0.15, -0.1) is 11.3 Å². The molecule has 0 aliphatic heterocycles. The number of thiophene rings is 1. The zero-order chi connectivity index (χ0) is 14.5. The Morgan fingerprint density at radius 2 is 2.20 bits per heavy atom. The van der Waals surface area contributed by atoms with Gasteiger partial charge >= 0.3 is 0 Å². The van der Waals surface area contributed by atoms with Gasteiger partial charge in [0.1, 0.15) is 11.8 Å². The summed E-state index contributed by atoms with van der Waals surface area (Å²) in [5.41, 5.74) is 1.86. The van der Waals surface area contributed by atoms with Crippen LogP contribution in [-0.2, 0) is 0 Å². The van der Waals surface area contributed by atoms with E-state index in [-0.39, 0.29) is 12.6 Å². The summed E-state index contributed by atoms with van der Waals surface area (Å²) < 4.78 is 6.62. The van der Waals surface area contributed by atoms with Gasteiger partial charge in [0.2, 0.25) is 0 Å². The summed E-state index contributed by atoms with van der Waals surface area (Å²) in [7, 11) is 0. The zero-order valence-corrected chi connectivity index (χ0v) is 13.0. The molecule has 3 nitrogen and oxygen atoms in total. The smallest absolute Gasteiger partial charge is 0.174 e. The average Bonchev–Trinajstić information content (AvgIpc) is 2.76. The van der Waals surface area contributed by atoms with E-state index in [0.29, 0.717) is 14.4 Å². The van der Waals surface area contributed by atoms with Crippen LogP contribution in [0, 0.1) is 11.3 Å². The molecule has 0 spiro atoms. The molecule has 20 heavy (non-hydrogen) atoms. The van der Waals surface area contributed by atoms with Gasteiger partial charge in [-0.2, -0.15) is 5.26 Å². The molecule has 1 aromatic carbocycles. The van der Waals surface area contributed by atoms with Crippen LogP contribution in [0.5, 0.6) is 5.75 Å². The first-order valence-electron chi connectivity index (χ1n) is 5.91. The van der Waals surface area contributed by atoms with Crippen molar-refractivity contribution in [3.05, 3.63) is 44.6 Å². The van der Waals surface area contributed by atoms with Crippen molar-refractivity contribution in [2.45, 2.75) is 13.0 Å². The lowest BCUT2D eigenvalue weighted by atomic mass is 10.1. The van der Waals surface area contributed by atoms with Crippen LogP contribution >= 0.6 is 34.5 Å². The Balaban J connectivity index is 2.09. The van der Waals surface area contributed by atoms with Crippen molar-refractivity contribution < 1.29 is 4.74 Å². The molecule has 1 aromatic heterocycles. The molecule has 1 atom stereocenters. The topological polar surface area (TPSA) is 45.0 Å². The van der Waals surface area contributed by atoms with Crippen LogP contribution in [0.1, 0.15) is 18.5 Å². The minimum Gasteiger partial charge on any atom is -0.479 e. The van der Waals surface area contributed by atoms with Crippen molar-refractivity contribution in [1.82, 2.24) is 0 Å². The van der Waals surface area contributed by atoms with E-state index in [0.717, 1.165) is 11.3 Å². The van der Waals surface area contributed by atoms with E-state index in [9.17, 15) is 0 Å². The Hall–Kier alpha value is -1.41. The Bertz CT molecular complexity index is 636. The Morgan fingerprint density at radius 1 is 1.40 bits per heavy atom. The second-order valence-electron chi connectivity index (χ2n) is 4.12. The Kier molecular flexibility index (Phi) is 5.13. The second kappa shape index (κ2) is 6.85. The third kappa shape index (κ3) is 3.80. The molecule has 0 radical (unpaired) electrons. The maximum absolute atomic E-state index is 8.51. The van der Waals surface area contributed by atoms with Crippen LogP contribution in [-0.4, -0.2) is 6.61 Å². The van der Waals surface area contributed by atoms with Gasteiger partial charge in [0.05, 0.1) is 14.7 Å². The number of nitrogens with zero attached hydrogens (tertiary/aromatic N) is 1. The van der Waals surface area contributed by atoms with Crippen LogP contribution in [0.15, 0.2) is 30.3 Å². The normalized spacial score (nSPS) is 11.7. The third-order valence-corrected chi connectivity index (χ3v) is 4.19. The highest BCUT2D eigenvalue weighted by Crippen LogP contribution is 2.36. The predicted molar refractivity (Wildman–Crippen MR) is 83.9 cm³/mol. The summed E-state index contributed by atoms with van der Waals surface area (Å²) in [6.07, 6.45) is 0. The maximum Gasteiger partial charge on any atom is 0.174 e. The molecule has 2 aromatic rings. The van der Waals surface area contributed by atoms with Crippen molar-refractivity contribution >= 4 is 40.2 Å². The number of benzene rings is 1. The molecule has 1 unspecified atom stereocenters. The van der Waals surface area contributed by atoms with Crippen LogP contribution < -0.4 is 10.1 Å².